The fourth-order valence-corrected chi connectivity index (χ4v) is 5.18. The van der Waals surface area contributed by atoms with E-state index in [2.05, 4.69) is 13.8 Å². The Morgan fingerprint density at radius 3 is 2.62 bits per heavy atom. The van der Waals surface area contributed by atoms with E-state index in [9.17, 15) is 0 Å². The van der Waals surface area contributed by atoms with Gasteiger partial charge in [-0.1, -0.05) is 13.8 Å². The summed E-state index contributed by atoms with van der Waals surface area (Å²) in [4.78, 5) is 6.50. The van der Waals surface area contributed by atoms with E-state index in [0.29, 0.717) is 11.3 Å². The normalized spacial score (nSPS) is 27.3. The first kappa shape index (κ1) is 15.4. The highest BCUT2D eigenvalue weighted by molar-refractivity contribution is 7.11. The molecular weight excluding hydrogens is 280 g/mol. The van der Waals surface area contributed by atoms with Crippen LogP contribution in [0.2, 0.25) is 0 Å². The molecule has 1 saturated carbocycles. The van der Waals surface area contributed by atoms with E-state index in [0.717, 1.165) is 19.4 Å². The van der Waals surface area contributed by atoms with Gasteiger partial charge in [-0.05, 0) is 50.4 Å². The summed E-state index contributed by atoms with van der Waals surface area (Å²) in [6, 6.07) is 0. The molecule has 2 aliphatic rings. The number of rotatable bonds is 3. The molecule has 1 aromatic heterocycles. The van der Waals surface area contributed by atoms with E-state index >= 15 is 0 Å². The fraction of sp³-hybridized carbons (Fsp3) is 0.824. The minimum absolute atomic E-state index is 0.142. The monoisotopic (exact) mass is 308 g/mol. The minimum Gasteiger partial charge on any atom is -0.371 e. The second-order valence-electron chi connectivity index (χ2n) is 7.51. The zero-order valence-electron chi connectivity index (χ0n) is 13.6. The molecule has 3 rings (SSSR count). The molecule has 118 valence electrons. The minimum atomic E-state index is -0.142. The number of fused-ring (bicyclic) bond motifs is 1. The third kappa shape index (κ3) is 2.78. The van der Waals surface area contributed by atoms with Gasteiger partial charge >= 0.3 is 0 Å². The van der Waals surface area contributed by atoms with Crippen molar-refractivity contribution in [2.75, 3.05) is 13.7 Å². The van der Waals surface area contributed by atoms with Gasteiger partial charge in [-0.3, -0.25) is 0 Å². The number of aromatic nitrogens is 1. The highest BCUT2D eigenvalue weighted by atomic mass is 32.1. The molecule has 0 saturated heterocycles. The van der Waals surface area contributed by atoms with E-state index < -0.39 is 0 Å². The van der Waals surface area contributed by atoms with Crippen LogP contribution in [0.3, 0.4) is 0 Å². The van der Waals surface area contributed by atoms with Gasteiger partial charge in [0.15, 0.2) is 0 Å². The van der Waals surface area contributed by atoms with Crippen molar-refractivity contribution in [1.29, 1.82) is 0 Å². The third-order valence-corrected chi connectivity index (χ3v) is 6.86. The average Bonchev–Trinajstić information content (AvgIpc) is 2.92. The number of ether oxygens (including phenoxy) is 1. The SMILES string of the molecule is COC1(c2nc3c(s2)CCCC3CN)CCC(C)(C)CC1. The number of methoxy groups -OCH3 is 1. The summed E-state index contributed by atoms with van der Waals surface area (Å²) in [5.41, 5.74) is 7.52. The predicted molar refractivity (Wildman–Crippen MR) is 87.8 cm³/mol. The first-order valence-electron chi connectivity index (χ1n) is 8.25. The summed E-state index contributed by atoms with van der Waals surface area (Å²) >= 11 is 1.89. The molecule has 1 atom stereocenters. The first-order valence-corrected chi connectivity index (χ1v) is 9.07. The third-order valence-electron chi connectivity index (χ3n) is 5.55. The predicted octanol–water partition coefficient (Wildman–Crippen LogP) is 3.96. The topological polar surface area (TPSA) is 48.1 Å². The van der Waals surface area contributed by atoms with E-state index in [1.807, 2.05) is 18.4 Å². The Morgan fingerprint density at radius 1 is 1.29 bits per heavy atom. The first-order chi connectivity index (χ1) is 10.00. The molecular formula is C17H28N2OS. The Balaban J connectivity index is 1.90. The summed E-state index contributed by atoms with van der Waals surface area (Å²) < 4.78 is 6.02. The molecule has 1 unspecified atom stereocenters. The molecule has 0 amide bonds. The largest absolute Gasteiger partial charge is 0.371 e. The van der Waals surface area contributed by atoms with Crippen LogP contribution in [0.4, 0.5) is 0 Å². The second kappa shape index (κ2) is 5.64. The Morgan fingerprint density at radius 2 is 2.00 bits per heavy atom. The average molecular weight is 308 g/mol. The van der Waals surface area contributed by atoms with Crippen molar-refractivity contribution in [3.63, 3.8) is 0 Å². The van der Waals surface area contributed by atoms with Crippen LogP contribution < -0.4 is 5.73 Å². The fourth-order valence-electron chi connectivity index (χ4n) is 3.77. The smallest absolute Gasteiger partial charge is 0.125 e. The Hall–Kier alpha value is -0.450. The van der Waals surface area contributed by atoms with Crippen molar-refractivity contribution in [2.24, 2.45) is 11.1 Å². The van der Waals surface area contributed by atoms with Crippen molar-refractivity contribution in [1.82, 2.24) is 4.98 Å². The lowest BCUT2D eigenvalue weighted by atomic mass is 9.71. The van der Waals surface area contributed by atoms with Gasteiger partial charge in [-0.2, -0.15) is 0 Å². The van der Waals surface area contributed by atoms with Crippen LogP contribution in [0.15, 0.2) is 0 Å². The van der Waals surface area contributed by atoms with Crippen molar-refractivity contribution < 1.29 is 4.74 Å². The van der Waals surface area contributed by atoms with Crippen molar-refractivity contribution >= 4 is 11.3 Å². The number of nitrogens with zero attached hydrogens (tertiary/aromatic N) is 1. The Bertz CT molecular complexity index is 499. The molecule has 3 nitrogen and oxygen atoms in total. The number of thiazole rings is 1. The molecule has 1 fully saturated rings. The molecule has 21 heavy (non-hydrogen) atoms. The number of hydrogen-bond donors (Lipinski definition) is 1. The molecule has 0 radical (unpaired) electrons. The van der Waals surface area contributed by atoms with Crippen LogP contribution >= 0.6 is 11.3 Å². The van der Waals surface area contributed by atoms with Gasteiger partial charge in [-0.25, -0.2) is 4.98 Å². The molecule has 2 aliphatic carbocycles. The standard InChI is InChI=1S/C17H28N2OS/c1-16(2)7-9-17(20-3,10-8-16)15-19-14-12(11-18)5-4-6-13(14)21-15/h12H,4-11,18H2,1-3H3. The van der Waals surface area contributed by atoms with Crippen LogP contribution in [-0.4, -0.2) is 18.6 Å². The van der Waals surface area contributed by atoms with Gasteiger partial charge in [0.1, 0.15) is 10.6 Å². The lowest BCUT2D eigenvalue weighted by molar-refractivity contribution is -0.0668. The molecule has 2 N–H and O–H groups in total. The summed E-state index contributed by atoms with van der Waals surface area (Å²) in [7, 11) is 1.86. The van der Waals surface area contributed by atoms with E-state index in [1.54, 1.807) is 0 Å². The highest BCUT2D eigenvalue weighted by Gasteiger charge is 2.43. The van der Waals surface area contributed by atoms with E-state index in [1.165, 1.54) is 47.7 Å². The van der Waals surface area contributed by atoms with Gasteiger partial charge in [0.2, 0.25) is 0 Å². The molecule has 0 aromatic carbocycles. The van der Waals surface area contributed by atoms with Gasteiger partial charge in [-0.15, -0.1) is 11.3 Å². The lowest BCUT2D eigenvalue weighted by Crippen LogP contribution is -2.36. The molecule has 1 aromatic rings. The van der Waals surface area contributed by atoms with E-state index in [-0.39, 0.29) is 5.60 Å². The summed E-state index contributed by atoms with van der Waals surface area (Å²) in [6.07, 6.45) is 8.24. The van der Waals surface area contributed by atoms with Crippen molar-refractivity contribution in [3.8, 4) is 0 Å². The van der Waals surface area contributed by atoms with Gasteiger partial charge in [0.05, 0.1) is 5.69 Å². The molecule has 0 aliphatic heterocycles. The van der Waals surface area contributed by atoms with Crippen LogP contribution in [0.1, 0.15) is 73.9 Å². The molecule has 0 bridgehead atoms. The van der Waals surface area contributed by atoms with Gasteiger partial charge in [0, 0.05) is 24.4 Å². The zero-order chi connectivity index (χ0) is 15.1. The summed E-state index contributed by atoms with van der Waals surface area (Å²) in [5.74, 6) is 0.465. The summed E-state index contributed by atoms with van der Waals surface area (Å²) in [5, 5.41) is 1.21. The van der Waals surface area contributed by atoms with Crippen LogP contribution in [0, 0.1) is 5.41 Å². The number of hydrogen-bond acceptors (Lipinski definition) is 4. The number of aryl methyl sites for hydroxylation is 1. The van der Waals surface area contributed by atoms with Crippen LogP contribution in [0.25, 0.3) is 0 Å². The quantitative estimate of drug-likeness (QED) is 0.919. The maximum Gasteiger partial charge on any atom is 0.125 e. The van der Waals surface area contributed by atoms with E-state index in [4.69, 9.17) is 15.5 Å². The van der Waals surface area contributed by atoms with Crippen molar-refractivity contribution in [2.45, 2.75) is 70.3 Å². The molecule has 4 heteroatoms. The highest BCUT2D eigenvalue weighted by Crippen LogP contribution is 2.49. The Kier molecular flexibility index (Phi) is 4.15. The van der Waals surface area contributed by atoms with Gasteiger partial charge < -0.3 is 10.5 Å². The maximum atomic E-state index is 6.02. The van der Waals surface area contributed by atoms with Gasteiger partial charge in [0.25, 0.3) is 0 Å². The van der Waals surface area contributed by atoms with Crippen LogP contribution in [-0.2, 0) is 16.8 Å². The second-order valence-corrected chi connectivity index (χ2v) is 8.60. The summed E-state index contributed by atoms with van der Waals surface area (Å²) in [6.45, 7) is 5.46. The number of nitrogens with two attached hydrogens (primary N) is 1. The molecule has 1 heterocycles. The zero-order valence-corrected chi connectivity index (χ0v) is 14.4. The van der Waals surface area contributed by atoms with Crippen LogP contribution in [0.5, 0.6) is 0 Å². The Labute approximate surface area is 132 Å². The van der Waals surface area contributed by atoms with Crippen molar-refractivity contribution in [3.05, 3.63) is 15.6 Å². The lowest BCUT2D eigenvalue weighted by Gasteiger charge is -2.41. The molecule has 0 spiro atoms. The maximum absolute atomic E-state index is 6.02.